The lowest BCUT2D eigenvalue weighted by Crippen LogP contribution is -2.46. The summed E-state index contributed by atoms with van der Waals surface area (Å²) in [6.45, 7) is 6.29. The molecule has 0 aromatic rings. The second-order valence-electron chi connectivity index (χ2n) is 14.4. The molecule has 6 nitrogen and oxygen atoms in total. The third-order valence-electron chi connectivity index (χ3n) is 9.54. The quantitative estimate of drug-likeness (QED) is 0.0340. The Morgan fingerprint density at radius 3 is 1.62 bits per heavy atom. The molecule has 6 heteroatoms. The van der Waals surface area contributed by atoms with E-state index in [1.54, 1.807) is 0 Å². The van der Waals surface area contributed by atoms with Crippen molar-refractivity contribution in [3.8, 4) is 0 Å². The van der Waals surface area contributed by atoms with Gasteiger partial charge in [-0.15, -0.1) is 0 Å². The van der Waals surface area contributed by atoms with Gasteiger partial charge in [-0.2, -0.15) is 0 Å². The molecule has 0 aliphatic carbocycles. The summed E-state index contributed by atoms with van der Waals surface area (Å²) in [5.74, 6) is -0.499. The SMILES string of the molecule is CC/C=C/C=C/C=C\CCCCCCCC(=O)OC(CCCCCCCCCCC)CC(=O)NC(CO)C(O)CCCCCCCCCCC. The Hall–Kier alpha value is -1.92. The number of carbonyl (C=O) groups is 2. The third kappa shape index (κ3) is 33.2. The van der Waals surface area contributed by atoms with Crippen molar-refractivity contribution in [3.63, 3.8) is 0 Å². The van der Waals surface area contributed by atoms with Crippen molar-refractivity contribution < 1.29 is 24.5 Å². The molecule has 0 spiro atoms. The van der Waals surface area contributed by atoms with Gasteiger partial charge in [0.05, 0.1) is 25.2 Å². The number of carbonyl (C=O) groups excluding carboxylic acids is 2. The normalized spacial score (nSPS) is 13.8. The number of hydrogen-bond acceptors (Lipinski definition) is 5. The molecular formula is C44H81NO5. The first-order chi connectivity index (χ1) is 24.5. The Kier molecular flexibility index (Phi) is 36.8. The summed E-state index contributed by atoms with van der Waals surface area (Å²) in [7, 11) is 0. The monoisotopic (exact) mass is 704 g/mol. The average Bonchev–Trinajstić information content (AvgIpc) is 3.10. The van der Waals surface area contributed by atoms with E-state index in [1.807, 2.05) is 0 Å². The van der Waals surface area contributed by atoms with Crippen LogP contribution in [0.5, 0.6) is 0 Å². The lowest BCUT2D eigenvalue weighted by molar-refractivity contribution is -0.151. The fourth-order valence-electron chi connectivity index (χ4n) is 6.31. The van der Waals surface area contributed by atoms with Crippen LogP contribution < -0.4 is 5.32 Å². The zero-order valence-corrected chi connectivity index (χ0v) is 33.0. The number of unbranched alkanes of at least 4 members (excludes halogenated alkanes) is 21. The summed E-state index contributed by atoms with van der Waals surface area (Å²) in [5.41, 5.74) is 0. The van der Waals surface area contributed by atoms with E-state index in [4.69, 9.17) is 4.74 Å². The molecule has 3 N–H and O–H groups in total. The minimum absolute atomic E-state index is 0.0710. The molecule has 3 unspecified atom stereocenters. The maximum absolute atomic E-state index is 13.0. The van der Waals surface area contributed by atoms with Gasteiger partial charge in [0.25, 0.3) is 0 Å². The van der Waals surface area contributed by atoms with Crippen LogP contribution in [0.2, 0.25) is 0 Å². The fraction of sp³-hybridized carbons (Fsp3) is 0.818. The van der Waals surface area contributed by atoms with E-state index in [1.165, 1.54) is 83.5 Å². The smallest absolute Gasteiger partial charge is 0.306 e. The van der Waals surface area contributed by atoms with E-state index < -0.39 is 18.2 Å². The molecular weight excluding hydrogens is 622 g/mol. The number of ether oxygens (including phenoxy) is 1. The van der Waals surface area contributed by atoms with E-state index in [0.29, 0.717) is 19.3 Å². The highest BCUT2D eigenvalue weighted by Gasteiger charge is 2.24. The van der Waals surface area contributed by atoms with Crippen LogP contribution in [0.4, 0.5) is 0 Å². The number of aliphatic hydroxyl groups excluding tert-OH is 2. The molecule has 50 heavy (non-hydrogen) atoms. The van der Waals surface area contributed by atoms with Crippen molar-refractivity contribution >= 4 is 11.9 Å². The Morgan fingerprint density at radius 1 is 0.600 bits per heavy atom. The number of amides is 1. The predicted octanol–water partition coefficient (Wildman–Crippen LogP) is 11.8. The first kappa shape index (κ1) is 48.1. The molecule has 0 aromatic heterocycles. The highest BCUT2D eigenvalue weighted by Crippen LogP contribution is 2.17. The summed E-state index contributed by atoms with van der Waals surface area (Å²) >= 11 is 0. The van der Waals surface area contributed by atoms with Crippen LogP contribution >= 0.6 is 0 Å². The number of aliphatic hydroxyl groups is 2. The molecule has 1 amide bonds. The van der Waals surface area contributed by atoms with Gasteiger partial charge in [0.1, 0.15) is 6.10 Å². The van der Waals surface area contributed by atoms with Crippen LogP contribution in [0.25, 0.3) is 0 Å². The lowest BCUT2D eigenvalue weighted by Gasteiger charge is -2.24. The first-order valence-electron chi connectivity index (χ1n) is 21.2. The number of hydrogen-bond donors (Lipinski definition) is 3. The molecule has 0 heterocycles. The van der Waals surface area contributed by atoms with Gasteiger partial charge < -0.3 is 20.3 Å². The van der Waals surface area contributed by atoms with Crippen LogP contribution in [0.1, 0.15) is 207 Å². The predicted molar refractivity (Wildman–Crippen MR) is 213 cm³/mol. The lowest BCUT2D eigenvalue weighted by atomic mass is 10.0. The van der Waals surface area contributed by atoms with Gasteiger partial charge in [-0.1, -0.05) is 186 Å². The third-order valence-corrected chi connectivity index (χ3v) is 9.54. The van der Waals surface area contributed by atoms with Crippen LogP contribution in [0.15, 0.2) is 36.5 Å². The van der Waals surface area contributed by atoms with Crippen LogP contribution in [0, 0.1) is 0 Å². The number of esters is 1. The summed E-state index contributed by atoms with van der Waals surface area (Å²) in [6, 6.07) is -0.699. The summed E-state index contributed by atoms with van der Waals surface area (Å²) < 4.78 is 5.86. The van der Waals surface area contributed by atoms with Gasteiger partial charge >= 0.3 is 5.97 Å². The van der Waals surface area contributed by atoms with E-state index in [9.17, 15) is 19.8 Å². The second-order valence-corrected chi connectivity index (χ2v) is 14.4. The van der Waals surface area contributed by atoms with E-state index in [0.717, 1.165) is 77.0 Å². The molecule has 0 aromatic carbocycles. The molecule has 0 saturated heterocycles. The van der Waals surface area contributed by atoms with Crippen molar-refractivity contribution in [2.75, 3.05) is 6.61 Å². The maximum Gasteiger partial charge on any atom is 0.306 e. The Morgan fingerprint density at radius 2 is 1.08 bits per heavy atom. The van der Waals surface area contributed by atoms with Gasteiger partial charge in [-0.3, -0.25) is 9.59 Å². The molecule has 0 saturated carbocycles. The number of rotatable bonds is 37. The van der Waals surface area contributed by atoms with Gasteiger partial charge in [-0.25, -0.2) is 0 Å². The Labute approximate surface area is 309 Å². The van der Waals surface area contributed by atoms with Gasteiger partial charge in [-0.05, 0) is 44.9 Å². The van der Waals surface area contributed by atoms with Gasteiger partial charge in [0.15, 0.2) is 0 Å². The molecule has 0 fully saturated rings. The summed E-state index contributed by atoms with van der Waals surface area (Å²) in [4.78, 5) is 25.8. The Bertz CT molecular complexity index is 838. The molecule has 0 rings (SSSR count). The average molecular weight is 704 g/mol. The highest BCUT2D eigenvalue weighted by atomic mass is 16.5. The van der Waals surface area contributed by atoms with Crippen molar-refractivity contribution in [2.45, 2.75) is 225 Å². The molecule has 292 valence electrons. The van der Waals surface area contributed by atoms with E-state index in [-0.39, 0.29) is 24.9 Å². The molecule has 0 radical (unpaired) electrons. The van der Waals surface area contributed by atoms with E-state index >= 15 is 0 Å². The summed E-state index contributed by atoms with van der Waals surface area (Å²) in [5, 5.41) is 23.5. The van der Waals surface area contributed by atoms with Gasteiger partial charge in [0, 0.05) is 6.42 Å². The van der Waals surface area contributed by atoms with E-state index in [2.05, 4.69) is 62.5 Å². The molecule has 0 aliphatic heterocycles. The maximum atomic E-state index is 13.0. The molecule has 3 atom stereocenters. The number of nitrogens with one attached hydrogen (secondary N) is 1. The van der Waals surface area contributed by atoms with Crippen LogP contribution in [-0.2, 0) is 14.3 Å². The van der Waals surface area contributed by atoms with Crippen molar-refractivity contribution in [2.24, 2.45) is 0 Å². The van der Waals surface area contributed by atoms with Crippen LogP contribution in [-0.4, -0.2) is 46.9 Å². The summed E-state index contributed by atoms with van der Waals surface area (Å²) in [6.07, 6.45) is 42.1. The minimum atomic E-state index is -0.785. The largest absolute Gasteiger partial charge is 0.462 e. The fourth-order valence-corrected chi connectivity index (χ4v) is 6.31. The van der Waals surface area contributed by atoms with Gasteiger partial charge in [0.2, 0.25) is 5.91 Å². The van der Waals surface area contributed by atoms with Crippen molar-refractivity contribution in [3.05, 3.63) is 36.5 Å². The first-order valence-corrected chi connectivity index (χ1v) is 21.2. The molecule has 0 aliphatic rings. The number of allylic oxidation sites excluding steroid dienone is 6. The molecule has 0 bridgehead atoms. The highest BCUT2D eigenvalue weighted by molar-refractivity contribution is 5.77. The van der Waals surface area contributed by atoms with Crippen LogP contribution in [0.3, 0.4) is 0 Å². The zero-order valence-electron chi connectivity index (χ0n) is 33.0. The topological polar surface area (TPSA) is 95.9 Å². The van der Waals surface area contributed by atoms with Crippen molar-refractivity contribution in [1.29, 1.82) is 0 Å². The minimum Gasteiger partial charge on any atom is -0.462 e. The van der Waals surface area contributed by atoms with Crippen molar-refractivity contribution in [1.82, 2.24) is 5.32 Å². The second kappa shape index (κ2) is 38.3. The standard InChI is InChI=1S/C44H81NO5/c1-4-7-10-13-16-19-20-21-22-25-28-31-34-37-44(49)50-40(35-32-29-26-23-17-14-11-8-5-2)38-43(48)45-41(39-46)42(47)36-33-30-27-24-18-15-12-9-6-3/h7,10,13,16,19-20,40-42,46-47H,4-6,8-9,11-12,14-15,17-18,21-39H2,1-3H3,(H,45,48)/b10-7+,16-13+,20-19-. The Balaban J connectivity index is 4.59. The zero-order chi connectivity index (χ0) is 36.8.